The zero-order valence-electron chi connectivity index (χ0n) is 18.3. The fourth-order valence-electron chi connectivity index (χ4n) is 2.86. The molecule has 0 unspecified atom stereocenters. The van der Waals surface area contributed by atoms with Crippen molar-refractivity contribution in [3.63, 3.8) is 0 Å². The highest BCUT2D eigenvalue weighted by Crippen LogP contribution is 2.34. The standard InChI is InChI=1S/C22H18FN3O8S/c1-32-17-9-13(15(10-18(17)33-2)25-21(28)19-4-3-7-35-19)22(29)34-11-20(27)24-16-8-12(26(30)31)5-6-14(16)23/h3-10H,11H2,1-2H3,(H,24,27)(H,25,28). The lowest BCUT2D eigenvalue weighted by atomic mass is 10.1. The number of methoxy groups -OCH3 is 2. The lowest BCUT2D eigenvalue weighted by Gasteiger charge is -2.15. The number of rotatable bonds is 9. The molecular formula is C22H18FN3O8S. The van der Waals surface area contributed by atoms with Gasteiger partial charge in [0.25, 0.3) is 17.5 Å². The van der Waals surface area contributed by atoms with Gasteiger partial charge in [0.2, 0.25) is 0 Å². The number of nitro benzene ring substituents is 1. The second kappa shape index (κ2) is 11.1. The second-order valence-electron chi connectivity index (χ2n) is 6.73. The van der Waals surface area contributed by atoms with E-state index in [1.54, 1.807) is 17.5 Å². The molecular weight excluding hydrogens is 485 g/mol. The molecule has 0 bridgehead atoms. The zero-order valence-corrected chi connectivity index (χ0v) is 19.1. The van der Waals surface area contributed by atoms with Crippen molar-refractivity contribution in [2.24, 2.45) is 0 Å². The first kappa shape index (κ1) is 25.1. The molecule has 2 amide bonds. The molecule has 182 valence electrons. The van der Waals surface area contributed by atoms with E-state index >= 15 is 0 Å². The summed E-state index contributed by atoms with van der Waals surface area (Å²) in [5.41, 5.74) is -0.983. The molecule has 0 saturated heterocycles. The number of carbonyl (C=O) groups excluding carboxylic acids is 3. The van der Waals surface area contributed by atoms with Crippen molar-refractivity contribution in [1.82, 2.24) is 0 Å². The fraction of sp³-hybridized carbons (Fsp3) is 0.136. The summed E-state index contributed by atoms with van der Waals surface area (Å²) in [6, 6.07) is 8.51. The van der Waals surface area contributed by atoms with E-state index < -0.39 is 46.5 Å². The Bertz CT molecular complexity index is 1280. The minimum absolute atomic E-state index is 0.0381. The quantitative estimate of drug-likeness (QED) is 0.254. The summed E-state index contributed by atoms with van der Waals surface area (Å²) in [6.07, 6.45) is 0. The molecule has 1 aromatic heterocycles. The molecule has 3 aromatic rings. The average molecular weight is 503 g/mol. The van der Waals surface area contributed by atoms with Crippen molar-refractivity contribution >= 4 is 46.2 Å². The van der Waals surface area contributed by atoms with Gasteiger partial charge in [-0.15, -0.1) is 11.3 Å². The third kappa shape index (κ3) is 6.09. The first-order valence-corrected chi connectivity index (χ1v) is 10.6. The number of carbonyl (C=O) groups is 3. The van der Waals surface area contributed by atoms with Crippen LogP contribution in [-0.4, -0.2) is 43.5 Å². The molecule has 3 rings (SSSR count). The van der Waals surface area contributed by atoms with Crippen LogP contribution in [-0.2, 0) is 9.53 Å². The van der Waals surface area contributed by atoms with E-state index in [0.717, 1.165) is 18.2 Å². The first-order chi connectivity index (χ1) is 16.7. The molecule has 1 heterocycles. The van der Waals surface area contributed by atoms with Crippen molar-refractivity contribution in [1.29, 1.82) is 0 Å². The number of halogens is 1. The Morgan fingerprint density at radius 1 is 1.03 bits per heavy atom. The van der Waals surface area contributed by atoms with Gasteiger partial charge in [0.15, 0.2) is 18.1 Å². The van der Waals surface area contributed by atoms with Crippen molar-refractivity contribution in [3.05, 3.63) is 74.2 Å². The molecule has 0 atom stereocenters. The molecule has 0 fully saturated rings. The number of nitro groups is 1. The largest absolute Gasteiger partial charge is 0.493 e. The molecule has 0 radical (unpaired) electrons. The summed E-state index contributed by atoms with van der Waals surface area (Å²) in [5.74, 6) is -2.94. The van der Waals surface area contributed by atoms with Gasteiger partial charge in [0.05, 0.1) is 41.0 Å². The fourth-order valence-corrected chi connectivity index (χ4v) is 3.48. The van der Waals surface area contributed by atoms with Crippen LogP contribution in [0.5, 0.6) is 11.5 Å². The van der Waals surface area contributed by atoms with Gasteiger partial charge in [-0.1, -0.05) is 6.07 Å². The maximum absolute atomic E-state index is 13.9. The number of non-ortho nitro benzene ring substituents is 1. The normalized spacial score (nSPS) is 10.3. The number of anilines is 2. The zero-order chi connectivity index (χ0) is 25.5. The van der Waals surface area contributed by atoms with Crippen LogP contribution in [0.1, 0.15) is 20.0 Å². The van der Waals surface area contributed by atoms with Crippen molar-refractivity contribution in [2.75, 3.05) is 31.5 Å². The van der Waals surface area contributed by atoms with E-state index in [0.29, 0.717) is 4.88 Å². The smallest absolute Gasteiger partial charge is 0.340 e. The SMILES string of the molecule is COc1cc(NC(=O)c2cccs2)c(C(=O)OCC(=O)Nc2cc([N+](=O)[O-])ccc2F)cc1OC. The number of ether oxygens (including phenoxy) is 3. The number of esters is 1. The van der Waals surface area contributed by atoms with E-state index in [1.165, 1.54) is 37.7 Å². The molecule has 0 aliphatic carbocycles. The lowest BCUT2D eigenvalue weighted by Crippen LogP contribution is -2.22. The predicted octanol–water partition coefficient (Wildman–Crippen LogP) is 3.86. The Morgan fingerprint density at radius 3 is 2.37 bits per heavy atom. The van der Waals surface area contributed by atoms with Gasteiger partial charge in [0, 0.05) is 24.3 Å². The van der Waals surface area contributed by atoms with Gasteiger partial charge in [-0.2, -0.15) is 0 Å². The van der Waals surface area contributed by atoms with Crippen LogP contribution in [0, 0.1) is 15.9 Å². The van der Waals surface area contributed by atoms with Crippen LogP contribution >= 0.6 is 11.3 Å². The van der Waals surface area contributed by atoms with Crippen LogP contribution in [0.15, 0.2) is 47.8 Å². The summed E-state index contributed by atoms with van der Waals surface area (Å²) >= 11 is 1.19. The minimum Gasteiger partial charge on any atom is -0.493 e. The molecule has 0 saturated carbocycles. The number of thiophene rings is 1. The van der Waals surface area contributed by atoms with Crippen molar-refractivity contribution in [2.45, 2.75) is 0 Å². The molecule has 2 aromatic carbocycles. The Morgan fingerprint density at radius 2 is 1.74 bits per heavy atom. The molecule has 0 aliphatic heterocycles. The van der Waals surface area contributed by atoms with Gasteiger partial charge in [-0.25, -0.2) is 9.18 Å². The molecule has 35 heavy (non-hydrogen) atoms. The van der Waals surface area contributed by atoms with Gasteiger partial charge in [-0.3, -0.25) is 19.7 Å². The summed E-state index contributed by atoms with van der Waals surface area (Å²) < 4.78 is 29.3. The predicted molar refractivity (Wildman–Crippen MR) is 124 cm³/mol. The Hall–Kier alpha value is -4.52. The molecule has 13 heteroatoms. The number of amides is 2. The highest BCUT2D eigenvalue weighted by atomic mass is 32.1. The number of nitrogens with one attached hydrogen (secondary N) is 2. The van der Waals surface area contributed by atoms with Crippen LogP contribution in [0.2, 0.25) is 0 Å². The molecule has 0 spiro atoms. The van der Waals surface area contributed by atoms with Gasteiger partial charge < -0.3 is 24.8 Å². The van der Waals surface area contributed by atoms with Crippen molar-refractivity contribution in [3.8, 4) is 11.5 Å². The van der Waals surface area contributed by atoms with Gasteiger partial charge in [0.1, 0.15) is 5.82 Å². The third-order valence-corrected chi connectivity index (χ3v) is 5.37. The highest BCUT2D eigenvalue weighted by Gasteiger charge is 2.22. The Labute approximate surface area is 201 Å². The Balaban J connectivity index is 1.77. The number of hydrogen-bond donors (Lipinski definition) is 2. The number of nitrogens with zero attached hydrogens (tertiary/aromatic N) is 1. The monoisotopic (exact) mass is 503 g/mol. The van der Waals surface area contributed by atoms with E-state index in [9.17, 15) is 28.9 Å². The molecule has 2 N–H and O–H groups in total. The second-order valence-corrected chi connectivity index (χ2v) is 7.68. The van der Waals surface area contributed by atoms with Crippen LogP contribution in [0.25, 0.3) is 0 Å². The maximum Gasteiger partial charge on any atom is 0.340 e. The summed E-state index contributed by atoms with van der Waals surface area (Å²) in [6.45, 7) is -0.840. The maximum atomic E-state index is 13.9. The summed E-state index contributed by atoms with van der Waals surface area (Å²) in [5, 5.41) is 17.3. The average Bonchev–Trinajstić information content (AvgIpc) is 3.38. The van der Waals surface area contributed by atoms with Crippen LogP contribution in [0.4, 0.5) is 21.5 Å². The van der Waals surface area contributed by atoms with Crippen LogP contribution < -0.4 is 20.1 Å². The highest BCUT2D eigenvalue weighted by molar-refractivity contribution is 7.12. The van der Waals surface area contributed by atoms with E-state index in [2.05, 4.69) is 10.6 Å². The lowest BCUT2D eigenvalue weighted by molar-refractivity contribution is -0.384. The van der Waals surface area contributed by atoms with Gasteiger partial charge >= 0.3 is 5.97 Å². The van der Waals surface area contributed by atoms with Gasteiger partial charge in [-0.05, 0) is 17.5 Å². The minimum atomic E-state index is -0.998. The van der Waals surface area contributed by atoms with E-state index in [4.69, 9.17) is 14.2 Å². The first-order valence-electron chi connectivity index (χ1n) is 9.75. The topological polar surface area (TPSA) is 146 Å². The molecule has 11 nitrogen and oxygen atoms in total. The number of hydrogen-bond acceptors (Lipinski definition) is 9. The van der Waals surface area contributed by atoms with E-state index in [1.807, 2.05) is 0 Å². The van der Waals surface area contributed by atoms with Crippen LogP contribution in [0.3, 0.4) is 0 Å². The summed E-state index contributed by atoms with van der Waals surface area (Å²) in [4.78, 5) is 47.9. The summed E-state index contributed by atoms with van der Waals surface area (Å²) in [7, 11) is 2.72. The van der Waals surface area contributed by atoms with E-state index in [-0.39, 0.29) is 22.7 Å². The Kier molecular flexibility index (Phi) is 7.94. The molecule has 0 aliphatic rings. The van der Waals surface area contributed by atoms with Crippen molar-refractivity contribution < 1.29 is 37.9 Å². The number of benzene rings is 2. The third-order valence-electron chi connectivity index (χ3n) is 4.51.